The molecule has 0 heterocycles. The summed E-state index contributed by atoms with van der Waals surface area (Å²) in [5.41, 5.74) is 0. The minimum absolute atomic E-state index is 1.35. The molecule has 0 amide bonds. The van der Waals surface area contributed by atoms with Crippen LogP contribution in [0, 0.1) is 5.25 Å². The van der Waals surface area contributed by atoms with E-state index in [4.69, 9.17) is 0 Å². The SMILES string of the molecule is CCCCCCCCCCCCCCCCCC[CH][Ge]([CH3])([CH3])[CH3]. The molecule has 139 valence electrons. The Kier molecular flexibility index (Phi) is 17.8. The van der Waals surface area contributed by atoms with Crippen LogP contribution in [0.15, 0.2) is 0 Å². The fourth-order valence-corrected chi connectivity index (χ4v) is 5.47. The van der Waals surface area contributed by atoms with Crippen LogP contribution in [-0.4, -0.2) is 13.3 Å². The van der Waals surface area contributed by atoms with E-state index in [9.17, 15) is 0 Å². The van der Waals surface area contributed by atoms with Crippen LogP contribution < -0.4 is 0 Å². The van der Waals surface area contributed by atoms with Crippen LogP contribution in [-0.2, 0) is 0 Å². The summed E-state index contributed by atoms with van der Waals surface area (Å²) in [4.78, 5) is 0. The van der Waals surface area contributed by atoms with Gasteiger partial charge in [-0.2, -0.15) is 0 Å². The van der Waals surface area contributed by atoms with Crippen LogP contribution in [0.1, 0.15) is 116 Å². The molecule has 1 heteroatoms. The summed E-state index contributed by atoms with van der Waals surface area (Å²) in [5, 5.41) is 2.67. The molecule has 0 unspecified atom stereocenters. The Morgan fingerprint density at radius 2 is 0.783 bits per heavy atom. The molecule has 0 aromatic rings. The molecular formula is C22H47Ge. The normalized spacial score (nSPS) is 12.0. The molecule has 0 aromatic carbocycles. The van der Waals surface area contributed by atoms with Crippen LogP contribution >= 0.6 is 0 Å². The Morgan fingerprint density at radius 3 is 1.09 bits per heavy atom. The minimum atomic E-state index is -1.35. The Morgan fingerprint density at radius 1 is 0.478 bits per heavy atom. The van der Waals surface area contributed by atoms with Gasteiger partial charge in [-0.1, -0.05) is 45.4 Å². The van der Waals surface area contributed by atoms with Gasteiger partial charge in [0.05, 0.1) is 0 Å². The Labute approximate surface area is 152 Å². The van der Waals surface area contributed by atoms with Crippen LogP contribution in [0.3, 0.4) is 0 Å². The maximum atomic E-state index is 2.67. The van der Waals surface area contributed by atoms with Crippen molar-refractivity contribution in [3.63, 3.8) is 0 Å². The van der Waals surface area contributed by atoms with E-state index < -0.39 is 13.3 Å². The first-order chi connectivity index (χ1) is 11.1. The van der Waals surface area contributed by atoms with Gasteiger partial charge in [0.25, 0.3) is 0 Å². The first-order valence-electron chi connectivity index (χ1n) is 10.9. The van der Waals surface area contributed by atoms with Gasteiger partial charge in [-0.3, -0.25) is 0 Å². The van der Waals surface area contributed by atoms with Gasteiger partial charge >= 0.3 is 106 Å². The van der Waals surface area contributed by atoms with Crippen LogP contribution in [0.2, 0.25) is 17.3 Å². The van der Waals surface area contributed by atoms with Crippen molar-refractivity contribution in [2.45, 2.75) is 133 Å². The third-order valence-corrected chi connectivity index (χ3v) is 7.99. The molecule has 0 saturated heterocycles. The van der Waals surface area contributed by atoms with Gasteiger partial charge < -0.3 is 0 Å². The average Bonchev–Trinajstić information content (AvgIpc) is 2.49. The van der Waals surface area contributed by atoms with Gasteiger partial charge in [0, 0.05) is 0 Å². The Hall–Kier alpha value is 0.543. The zero-order chi connectivity index (χ0) is 17.2. The van der Waals surface area contributed by atoms with Gasteiger partial charge in [0.1, 0.15) is 0 Å². The molecule has 0 nitrogen and oxygen atoms in total. The van der Waals surface area contributed by atoms with E-state index >= 15 is 0 Å². The van der Waals surface area contributed by atoms with E-state index in [1.807, 2.05) is 0 Å². The summed E-state index contributed by atoms with van der Waals surface area (Å²) < 4.78 is 0. The third-order valence-electron chi connectivity index (χ3n) is 4.81. The summed E-state index contributed by atoms with van der Waals surface area (Å²) in [6.07, 6.45) is 24.9. The molecule has 0 aliphatic heterocycles. The van der Waals surface area contributed by atoms with Crippen molar-refractivity contribution >= 4 is 13.3 Å². The van der Waals surface area contributed by atoms with E-state index in [1.54, 1.807) is 0 Å². The molecule has 0 atom stereocenters. The Balaban J connectivity index is 3.00. The predicted octanol–water partition coefficient (Wildman–Crippen LogP) is 8.72. The molecule has 0 aliphatic rings. The van der Waals surface area contributed by atoms with Crippen LogP contribution in [0.5, 0.6) is 0 Å². The number of unbranched alkanes of at least 4 members (excludes halogenated alkanes) is 16. The zero-order valence-corrected chi connectivity index (χ0v) is 19.2. The first-order valence-corrected chi connectivity index (χ1v) is 18.4. The predicted molar refractivity (Wildman–Crippen MR) is 112 cm³/mol. The second kappa shape index (κ2) is 17.4. The second-order valence-electron chi connectivity index (χ2n) is 8.66. The molecule has 0 rings (SSSR count). The molecule has 0 bridgehead atoms. The monoisotopic (exact) mass is 385 g/mol. The number of hydrogen-bond donors (Lipinski definition) is 0. The fourth-order valence-electron chi connectivity index (χ4n) is 3.23. The van der Waals surface area contributed by atoms with E-state index in [0.29, 0.717) is 0 Å². The van der Waals surface area contributed by atoms with Crippen molar-refractivity contribution in [3.8, 4) is 0 Å². The van der Waals surface area contributed by atoms with E-state index in [2.05, 4.69) is 29.4 Å². The standard InChI is InChI=1S/C22H47Ge/c1-5-6-7-8-9-10-11-12-13-14-15-16-17-18-19-20-21-22-23(2,3)4/h22H,5-21H2,1-4H3. The van der Waals surface area contributed by atoms with E-state index in [1.165, 1.54) is 109 Å². The fraction of sp³-hybridized carbons (Fsp3) is 0.955. The van der Waals surface area contributed by atoms with Crippen molar-refractivity contribution in [1.29, 1.82) is 0 Å². The summed E-state index contributed by atoms with van der Waals surface area (Å²) in [6.45, 7) is 2.30. The quantitative estimate of drug-likeness (QED) is 0.164. The zero-order valence-electron chi connectivity index (χ0n) is 17.1. The van der Waals surface area contributed by atoms with Gasteiger partial charge in [-0.25, -0.2) is 0 Å². The summed E-state index contributed by atoms with van der Waals surface area (Å²) in [7, 11) is 0. The van der Waals surface area contributed by atoms with Crippen LogP contribution in [0.25, 0.3) is 0 Å². The summed E-state index contributed by atoms with van der Waals surface area (Å²) >= 11 is -1.35. The van der Waals surface area contributed by atoms with Crippen molar-refractivity contribution in [2.24, 2.45) is 0 Å². The molecule has 0 aliphatic carbocycles. The van der Waals surface area contributed by atoms with Crippen molar-refractivity contribution in [3.05, 3.63) is 5.25 Å². The van der Waals surface area contributed by atoms with Crippen molar-refractivity contribution < 1.29 is 0 Å². The molecule has 0 saturated carbocycles. The molecule has 0 spiro atoms. The molecule has 0 fully saturated rings. The Bertz CT molecular complexity index is 217. The molecule has 1 radical (unpaired) electrons. The van der Waals surface area contributed by atoms with Crippen molar-refractivity contribution in [1.82, 2.24) is 0 Å². The number of rotatable bonds is 18. The van der Waals surface area contributed by atoms with Gasteiger partial charge in [-0.15, -0.1) is 0 Å². The average molecular weight is 384 g/mol. The number of hydrogen-bond acceptors (Lipinski definition) is 0. The summed E-state index contributed by atoms with van der Waals surface area (Å²) in [5.74, 6) is 7.48. The van der Waals surface area contributed by atoms with Gasteiger partial charge in [0.2, 0.25) is 0 Å². The maximum absolute atomic E-state index is 2.67. The van der Waals surface area contributed by atoms with E-state index in [0.717, 1.165) is 0 Å². The third kappa shape index (κ3) is 22.5. The molecular weight excluding hydrogens is 337 g/mol. The second-order valence-corrected chi connectivity index (χ2v) is 19.4. The first kappa shape index (κ1) is 23.5. The molecule has 0 N–H and O–H groups in total. The van der Waals surface area contributed by atoms with Gasteiger partial charge in [-0.05, 0) is 0 Å². The molecule has 23 heavy (non-hydrogen) atoms. The van der Waals surface area contributed by atoms with Gasteiger partial charge in [0.15, 0.2) is 0 Å². The van der Waals surface area contributed by atoms with E-state index in [-0.39, 0.29) is 0 Å². The van der Waals surface area contributed by atoms with Crippen LogP contribution in [0.4, 0.5) is 0 Å². The van der Waals surface area contributed by atoms with Crippen molar-refractivity contribution in [2.75, 3.05) is 0 Å². The summed E-state index contributed by atoms with van der Waals surface area (Å²) in [6, 6.07) is 0. The molecule has 0 aromatic heterocycles. The topological polar surface area (TPSA) is 0 Å².